The first-order valence-electron chi connectivity index (χ1n) is 5.20. The van der Waals surface area contributed by atoms with Gasteiger partial charge in [-0.15, -0.1) is 0 Å². The molecule has 1 N–H and O–H groups in total. The predicted octanol–water partition coefficient (Wildman–Crippen LogP) is 1.17. The van der Waals surface area contributed by atoms with Gasteiger partial charge in [0.15, 0.2) is 0 Å². The minimum absolute atomic E-state index is 0.287. The van der Waals surface area contributed by atoms with Crippen molar-refractivity contribution in [1.82, 2.24) is 0 Å². The van der Waals surface area contributed by atoms with E-state index in [1.54, 1.807) is 6.92 Å². The van der Waals surface area contributed by atoms with Crippen molar-refractivity contribution in [2.24, 2.45) is 0 Å². The average molecular weight is 277 g/mol. The van der Waals surface area contributed by atoms with Crippen LogP contribution in [-0.2, 0) is 15.5 Å². The summed E-state index contributed by atoms with van der Waals surface area (Å²) in [7, 11) is -4.85. The number of hydrogen-bond donors (Lipinski definition) is 1. The zero-order valence-electron chi connectivity index (χ0n) is 9.48. The molecule has 1 saturated carbocycles. The van der Waals surface area contributed by atoms with E-state index < -0.39 is 39.4 Å². The summed E-state index contributed by atoms with van der Waals surface area (Å²) >= 11 is 0. The molecule has 1 unspecified atom stereocenters. The molecule has 7 heteroatoms. The molecule has 0 spiro atoms. The lowest BCUT2D eigenvalue weighted by Crippen LogP contribution is -2.24. The van der Waals surface area contributed by atoms with Crippen molar-refractivity contribution in [3.8, 4) is 0 Å². The standard InChI is InChI=1S/C11H12F2O4S/c1-7-2-3-9(18(15,16)17)8(4-7)10(6-14)5-11(10,12)13/h2-4,14H,5-6H2,1H3,(H,15,16,17)/p-1. The number of alkyl halides is 2. The Hall–Kier alpha value is -1.05. The normalized spacial score (nSPS) is 26.1. The lowest BCUT2D eigenvalue weighted by Gasteiger charge is -2.20. The third-order valence-electron chi connectivity index (χ3n) is 3.29. The zero-order valence-corrected chi connectivity index (χ0v) is 10.3. The van der Waals surface area contributed by atoms with Gasteiger partial charge in [0.25, 0.3) is 5.92 Å². The Bertz CT molecular complexity index is 597. The highest BCUT2D eigenvalue weighted by atomic mass is 32.2. The number of aliphatic hydroxyl groups excluding tert-OH is 1. The van der Waals surface area contributed by atoms with E-state index in [1.807, 2.05) is 0 Å². The topological polar surface area (TPSA) is 77.4 Å². The van der Waals surface area contributed by atoms with Crippen LogP contribution in [-0.4, -0.2) is 30.6 Å². The SMILES string of the molecule is Cc1ccc(S(=O)(=O)[O-])c(C2(CO)CC2(F)F)c1. The van der Waals surface area contributed by atoms with Crippen molar-refractivity contribution < 1.29 is 26.9 Å². The highest BCUT2D eigenvalue weighted by Gasteiger charge is 2.72. The van der Waals surface area contributed by atoms with Crippen LogP contribution in [0.15, 0.2) is 23.1 Å². The van der Waals surface area contributed by atoms with Gasteiger partial charge in [0.1, 0.15) is 10.1 Å². The molecule has 2 rings (SSSR count). The van der Waals surface area contributed by atoms with Crippen LogP contribution in [0.25, 0.3) is 0 Å². The van der Waals surface area contributed by atoms with Crippen molar-refractivity contribution in [3.05, 3.63) is 29.3 Å². The summed E-state index contributed by atoms with van der Waals surface area (Å²) in [5, 5.41) is 9.15. The molecule has 0 saturated heterocycles. The van der Waals surface area contributed by atoms with Gasteiger partial charge in [0, 0.05) is 6.42 Å². The molecule has 1 aliphatic carbocycles. The Labute approximate surface area is 103 Å². The van der Waals surface area contributed by atoms with E-state index in [0.717, 1.165) is 6.07 Å². The van der Waals surface area contributed by atoms with Crippen LogP contribution in [0.1, 0.15) is 17.5 Å². The van der Waals surface area contributed by atoms with Crippen molar-refractivity contribution in [1.29, 1.82) is 0 Å². The number of rotatable bonds is 3. The van der Waals surface area contributed by atoms with E-state index >= 15 is 0 Å². The van der Waals surface area contributed by atoms with E-state index in [2.05, 4.69) is 0 Å². The van der Waals surface area contributed by atoms with E-state index in [4.69, 9.17) is 5.11 Å². The van der Waals surface area contributed by atoms with Crippen molar-refractivity contribution in [2.75, 3.05) is 6.61 Å². The molecule has 1 fully saturated rings. The predicted molar refractivity (Wildman–Crippen MR) is 57.5 cm³/mol. The van der Waals surface area contributed by atoms with Crippen LogP contribution in [0.3, 0.4) is 0 Å². The van der Waals surface area contributed by atoms with Crippen LogP contribution < -0.4 is 0 Å². The molecule has 4 nitrogen and oxygen atoms in total. The van der Waals surface area contributed by atoms with Crippen LogP contribution in [0.2, 0.25) is 0 Å². The molecule has 1 aromatic carbocycles. The third-order valence-corrected chi connectivity index (χ3v) is 4.18. The first kappa shape index (κ1) is 13.4. The maximum absolute atomic E-state index is 13.4. The molecule has 0 radical (unpaired) electrons. The second-order valence-electron chi connectivity index (χ2n) is 4.58. The maximum Gasteiger partial charge on any atom is 0.261 e. The summed E-state index contributed by atoms with van der Waals surface area (Å²) in [6.45, 7) is 0.697. The van der Waals surface area contributed by atoms with Crippen LogP contribution in [0.4, 0.5) is 8.78 Å². The highest BCUT2D eigenvalue weighted by Crippen LogP contribution is 2.62. The van der Waals surface area contributed by atoms with Gasteiger partial charge in [-0.2, -0.15) is 0 Å². The van der Waals surface area contributed by atoms with Crippen LogP contribution in [0, 0.1) is 6.92 Å². The van der Waals surface area contributed by atoms with E-state index in [1.165, 1.54) is 12.1 Å². The maximum atomic E-state index is 13.4. The fourth-order valence-electron chi connectivity index (χ4n) is 2.12. The van der Waals surface area contributed by atoms with Crippen LogP contribution in [0.5, 0.6) is 0 Å². The quantitative estimate of drug-likeness (QED) is 0.841. The number of benzene rings is 1. The summed E-state index contributed by atoms with van der Waals surface area (Å²) in [6, 6.07) is 3.60. The average Bonchev–Trinajstić information content (AvgIpc) is 2.80. The first-order chi connectivity index (χ1) is 8.14. The van der Waals surface area contributed by atoms with Gasteiger partial charge < -0.3 is 9.66 Å². The van der Waals surface area contributed by atoms with Gasteiger partial charge in [-0.1, -0.05) is 17.7 Å². The van der Waals surface area contributed by atoms with E-state index in [9.17, 15) is 21.8 Å². The minimum Gasteiger partial charge on any atom is -0.744 e. The highest BCUT2D eigenvalue weighted by molar-refractivity contribution is 7.85. The Morgan fingerprint density at radius 3 is 2.39 bits per heavy atom. The number of halogens is 2. The summed E-state index contributed by atoms with van der Waals surface area (Å²) < 4.78 is 60.0. The summed E-state index contributed by atoms with van der Waals surface area (Å²) in [6.07, 6.45) is -0.650. The van der Waals surface area contributed by atoms with Crippen LogP contribution >= 0.6 is 0 Å². The Morgan fingerprint density at radius 1 is 1.44 bits per heavy atom. The molecular formula is C11H11F2O4S-. The lowest BCUT2D eigenvalue weighted by atomic mass is 9.94. The minimum atomic E-state index is -4.85. The lowest BCUT2D eigenvalue weighted by molar-refractivity contribution is 0.0665. The third kappa shape index (κ3) is 1.82. The zero-order chi connectivity index (χ0) is 13.8. The van der Waals surface area contributed by atoms with Gasteiger partial charge >= 0.3 is 0 Å². The molecule has 1 aromatic rings. The summed E-state index contributed by atoms with van der Waals surface area (Å²) in [5.41, 5.74) is -1.68. The smallest absolute Gasteiger partial charge is 0.261 e. The molecule has 1 atom stereocenters. The van der Waals surface area contributed by atoms with Gasteiger partial charge in [0.05, 0.1) is 16.9 Å². The van der Waals surface area contributed by atoms with Gasteiger partial charge in [0.2, 0.25) is 0 Å². The first-order valence-corrected chi connectivity index (χ1v) is 6.61. The van der Waals surface area contributed by atoms with Gasteiger partial charge in [-0.25, -0.2) is 17.2 Å². The van der Waals surface area contributed by atoms with Gasteiger partial charge in [-0.3, -0.25) is 0 Å². The molecular weight excluding hydrogens is 266 g/mol. The molecule has 100 valence electrons. The Kier molecular flexibility index (Phi) is 2.77. The Morgan fingerprint density at radius 2 is 2.00 bits per heavy atom. The largest absolute Gasteiger partial charge is 0.744 e. The summed E-state index contributed by atoms with van der Waals surface area (Å²) in [4.78, 5) is -0.681. The molecule has 18 heavy (non-hydrogen) atoms. The van der Waals surface area contributed by atoms with Crippen molar-refractivity contribution in [3.63, 3.8) is 0 Å². The molecule has 0 aliphatic heterocycles. The fourth-order valence-corrected chi connectivity index (χ4v) is 2.88. The molecule has 0 aromatic heterocycles. The van der Waals surface area contributed by atoms with Gasteiger partial charge in [-0.05, 0) is 18.6 Å². The second kappa shape index (κ2) is 3.72. The van der Waals surface area contributed by atoms with Crippen molar-refractivity contribution >= 4 is 10.1 Å². The molecule has 1 aliphatic rings. The van der Waals surface area contributed by atoms with Crippen molar-refractivity contribution in [2.45, 2.75) is 29.6 Å². The molecule has 0 bridgehead atoms. The fraction of sp³-hybridized carbons (Fsp3) is 0.455. The monoisotopic (exact) mass is 277 g/mol. The molecule has 0 amide bonds. The molecule has 0 heterocycles. The summed E-state index contributed by atoms with van der Waals surface area (Å²) in [5.74, 6) is -3.19. The van der Waals surface area contributed by atoms with E-state index in [-0.39, 0.29) is 5.56 Å². The Balaban J connectivity index is 2.68. The second-order valence-corrected chi connectivity index (χ2v) is 5.92. The number of hydrogen-bond acceptors (Lipinski definition) is 4. The number of aliphatic hydroxyl groups is 1. The van der Waals surface area contributed by atoms with E-state index in [0.29, 0.717) is 5.56 Å². The number of aryl methyl sites for hydroxylation is 1.